The number of halogens is 3. The molecule has 0 aliphatic carbocycles. The van der Waals surface area contributed by atoms with Crippen LogP contribution in [-0.4, -0.2) is 30.5 Å². The number of carbonyl (C=O) groups excluding carboxylic acids is 3. The van der Waals surface area contributed by atoms with E-state index < -0.39 is 30.5 Å². The largest absolute Gasteiger partial charge is 0.480 e. The highest BCUT2D eigenvalue weighted by Gasteiger charge is 2.19. The molecule has 2 amide bonds. The first-order valence-electron chi connectivity index (χ1n) is 7.85. The molecule has 0 heterocycles. The molecular formula is C18H15Cl3N2O5. The van der Waals surface area contributed by atoms with Crippen LogP contribution in [0.15, 0.2) is 36.4 Å². The van der Waals surface area contributed by atoms with Gasteiger partial charge >= 0.3 is 5.97 Å². The van der Waals surface area contributed by atoms with Crippen LogP contribution in [0.4, 0.5) is 5.69 Å². The van der Waals surface area contributed by atoms with Crippen LogP contribution in [0.2, 0.25) is 15.1 Å². The maximum Gasteiger partial charge on any atom is 0.344 e. The zero-order valence-corrected chi connectivity index (χ0v) is 16.8. The average molecular weight is 446 g/mol. The van der Waals surface area contributed by atoms with E-state index in [0.717, 1.165) is 0 Å². The smallest absolute Gasteiger partial charge is 0.344 e. The lowest BCUT2D eigenvalue weighted by atomic mass is 10.2. The minimum Gasteiger partial charge on any atom is -0.480 e. The number of primary amides is 1. The van der Waals surface area contributed by atoms with Crippen molar-refractivity contribution in [2.45, 2.75) is 13.0 Å². The lowest BCUT2D eigenvalue weighted by Crippen LogP contribution is -2.31. The summed E-state index contributed by atoms with van der Waals surface area (Å²) < 4.78 is 10.3. The molecule has 7 nitrogen and oxygen atoms in total. The predicted molar refractivity (Wildman–Crippen MR) is 106 cm³/mol. The first-order valence-corrected chi connectivity index (χ1v) is 8.98. The molecule has 0 aliphatic heterocycles. The van der Waals surface area contributed by atoms with Gasteiger partial charge < -0.3 is 20.5 Å². The minimum absolute atomic E-state index is 0.152. The van der Waals surface area contributed by atoms with Gasteiger partial charge in [0, 0.05) is 17.3 Å². The van der Waals surface area contributed by atoms with Gasteiger partial charge in [-0.05, 0) is 37.3 Å². The molecule has 0 aromatic heterocycles. The second kappa shape index (κ2) is 9.64. The van der Waals surface area contributed by atoms with Gasteiger partial charge in [-0.2, -0.15) is 0 Å². The van der Waals surface area contributed by atoms with Crippen molar-refractivity contribution < 1.29 is 23.9 Å². The fourth-order valence-corrected chi connectivity index (χ4v) is 2.59. The molecule has 148 valence electrons. The van der Waals surface area contributed by atoms with Crippen LogP contribution >= 0.6 is 34.8 Å². The third-order valence-electron chi connectivity index (χ3n) is 3.43. The summed E-state index contributed by atoms with van der Waals surface area (Å²) in [6.45, 7) is 0.916. The Morgan fingerprint density at radius 2 is 1.64 bits per heavy atom. The van der Waals surface area contributed by atoms with Crippen molar-refractivity contribution >= 4 is 58.3 Å². The van der Waals surface area contributed by atoms with Crippen LogP contribution in [0, 0.1) is 0 Å². The topological polar surface area (TPSA) is 108 Å². The maximum absolute atomic E-state index is 12.1. The monoisotopic (exact) mass is 444 g/mol. The van der Waals surface area contributed by atoms with Crippen LogP contribution < -0.4 is 15.8 Å². The zero-order chi connectivity index (χ0) is 20.8. The number of hydrogen-bond acceptors (Lipinski definition) is 5. The molecule has 0 aliphatic rings. The highest BCUT2D eigenvalue weighted by atomic mass is 35.5. The third kappa shape index (κ3) is 6.02. The van der Waals surface area contributed by atoms with E-state index in [2.05, 4.69) is 5.32 Å². The molecule has 0 spiro atoms. The maximum atomic E-state index is 12.1. The van der Waals surface area contributed by atoms with E-state index >= 15 is 0 Å². The number of ether oxygens (including phenoxy) is 2. The van der Waals surface area contributed by atoms with E-state index in [9.17, 15) is 14.4 Å². The van der Waals surface area contributed by atoms with Crippen molar-refractivity contribution in [3.05, 3.63) is 57.0 Å². The lowest BCUT2D eigenvalue weighted by molar-refractivity contribution is -0.155. The number of benzene rings is 2. The van der Waals surface area contributed by atoms with Crippen molar-refractivity contribution in [3.63, 3.8) is 0 Å². The molecule has 0 saturated heterocycles. The molecular weight excluding hydrogens is 431 g/mol. The Balaban J connectivity index is 1.86. The molecule has 2 aromatic rings. The quantitative estimate of drug-likeness (QED) is 0.499. The molecule has 3 N–H and O–H groups in total. The number of rotatable bonds is 7. The molecule has 2 aromatic carbocycles. The number of amides is 2. The van der Waals surface area contributed by atoms with Crippen LogP contribution in [0.1, 0.15) is 17.3 Å². The van der Waals surface area contributed by atoms with Crippen molar-refractivity contribution in [1.82, 2.24) is 0 Å². The second-order valence-electron chi connectivity index (χ2n) is 5.55. The third-order valence-corrected chi connectivity index (χ3v) is 4.45. The fraction of sp³-hybridized carbons (Fsp3) is 0.167. The number of nitrogens with one attached hydrogen (secondary N) is 1. The summed E-state index contributed by atoms with van der Waals surface area (Å²) in [6, 6.07) is 8.67. The normalized spacial score (nSPS) is 11.4. The van der Waals surface area contributed by atoms with E-state index in [0.29, 0.717) is 11.3 Å². The predicted octanol–water partition coefficient (Wildman–Crippen LogP) is 3.69. The Kier molecular flexibility index (Phi) is 7.51. The van der Waals surface area contributed by atoms with Gasteiger partial charge in [-0.3, -0.25) is 9.59 Å². The Morgan fingerprint density at radius 1 is 1.04 bits per heavy atom. The second-order valence-corrected chi connectivity index (χ2v) is 6.77. The standard InChI is InChI=1S/C18H15Cl3N2O5/c1-9(18(26)23-11-4-2-10(3-5-11)17(22)25)28-16(24)8-27-15-7-13(20)12(19)6-14(15)21/h2-7,9H,8H2,1H3,(H2,22,25)(H,23,26)/t9-/m0/s1. The summed E-state index contributed by atoms with van der Waals surface area (Å²) in [7, 11) is 0. The number of carbonyl (C=O) groups is 3. The summed E-state index contributed by atoms with van der Waals surface area (Å²) in [5.74, 6) is -1.77. The molecule has 0 unspecified atom stereocenters. The molecule has 0 saturated carbocycles. The number of nitrogens with two attached hydrogens (primary N) is 1. The van der Waals surface area contributed by atoms with Crippen LogP contribution in [0.3, 0.4) is 0 Å². The van der Waals surface area contributed by atoms with Gasteiger partial charge in [0.15, 0.2) is 12.7 Å². The number of hydrogen-bond donors (Lipinski definition) is 2. The Bertz CT molecular complexity index is 903. The summed E-state index contributed by atoms with van der Waals surface area (Å²) in [5, 5.41) is 3.18. The van der Waals surface area contributed by atoms with Gasteiger partial charge in [-0.25, -0.2) is 4.79 Å². The van der Waals surface area contributed by atoms with Crippen LogP contribution in [0.25, 0.3) is 0 Å². The highest BCUT2D eigenvalue weighted by Crippen LogP contribution is 2.33. The molecule has 28 heavy (non-hydrogen) atoms. The van der Waals surface area contributed by atoms with Gasteiger partial charge in [0.05, 0.1) is 15.1 Å². The lowest BCUT2D eigenvalue weighted by Gasteiger charge is -2.14. The van der Waals surface area contributed by atoms with E-state index in [1.807, 2.05) is 0 Å². The Morgan fingerprint density at radius 3 is 2.25 bits per heavy atom. The van der Waals surface area contributed by atoms with Crippen molar-refractivity contribution in [2.24, 2.45) is 5.73 Å². The van der Waals surface area contributed by atoms with E-state index in [4.69, 9.17) is 50.0 Å². The molecule has 0 bridgehead atoms. The molecule has 0 fully saturated rings. The van der Waals surface area contributed by atoms with E-state index in [1.54, 1.807) is 0 Å². The zero-order valence-electron chi connectivity index (χ0n) is 14.5. The summed E-state index contributed by atoms with van der Waals surface area (Å²) >= 11 is 17.6. The summed E-state index contributed by atoms with van der Waals surface area (Å²) in [6.07, 6.45) is -1.09. The fourth-order valence-electron chi connectivity index (χ4n) is 2.00. The van der Waals surface area contributed by atoms with Crippen molar-refractivity contribution in [2.75, 3.05) is 11.9 Å². The molecule has 1 atom stereocenters. The molecule has 0 radical (unpaired) electrons. The van der Waals surface area contributed by atoms with Gasteiger partial charge in [0.2, 0.25) is 5.91 Å². The minimum atomic E-state index is -1.09. The highest BCUT2D eigenvalue weighted by molar-refractivity contribution is 6.43. The van der Waals surface area contributed by atoms with E-state index in [1.165, 1.54) is 43.3 Å². The summed E-state index contributed by atoms with van der Waals surface area (Å²) in [5.41, 5.74) is 5.86. The van der Waals surface area contributed by atoms with Gasteiger partial charge in [-0.15, -0.1) is 0 Å². The first-order chi connectivity index (χ1) is 13.2. The van der Waals surface area contributed by atoms with Gasteiger partial charge in [0.25, 0.3) is 5.91 Å². The van der Waals surface area contributed by atoms with Crippen molar-refractivity contribution in [1.29, 1.82) is 0 Å². The van der Waals surface area contributed by atoms with Gasteiger partial charge in [0.1, 0.15) is 5.75 Å². The average Bonchev–Trinajstić information content (AvgIpc) is 2.64. The number of anilines is 1. The number of esters is 1. The molecule has 10 heteroatoms. The Hall–Kier alpha value is -2.48. The Labute approximate surface area is 175 Å². The van der Waals surface area contributed by atoms with Gasteiger partial charge in [-0.1, -0.05) is 34.8 Å². The van der Waals surface area contributed by atoms with Crippen LogP contribution in [-0.2, 0) is 14.3 Å². The molecule has 2 rings (SSSR count). The summed E-state index contributed by atoms with van der Waals surface area (Å²) in [4.78, 5) is 35.0. The van der Waals surface area contributed by atoms with Crippen LogP contribution in [0.5, 0.6) is 5.75 Å². The SMILES string of the molecule is C[C@H](OC(=O)COc1cc(Cl)c(Cl)cc1Cl)C(=O)Nc1ccc(C(N)=O)cc1. The first kappa shape index (κ1) is 21.8. The van der Waals surface area contributed by atoms with Crippen molar-refractivity contribution in [3.8, 4) is 5.75 Å². The van der Waals surface area contributed by atoms with E-state index in [-0.39, 0.29) is 20.8 Å².